The maximum absolute atomic E-state index is 12.4. The molecule has 1 amide bonds. The van der Waals surface area contributed by atoms with Crippen molar-refractivity contribution in [1.82, 2.24) is 19.7 Å². The van der Waals surface area contributed by atoms with Gasteiger partial charge in [-0.3, -0.25) is 19.6 Å². The Bertz CT molecular complexity index is 1010. The van der Waals surface area contributed by atoms with Crippen molar-refractivity contribution in [3.8, 4) is 0 Å². The summed E-state index contributed by atoms with van der Waals surface area (Å²) in [5.74, 6) is -0.304. The lowest BCUT2D eigenvalue weighted by molar-refractivity contribution is -0.384. The molecule has 0 fully saturated rings. The van der Waals surface area contributed by atoms with Crippen molar-refractivity contribution < 1.29 is 9.72 Å². The van der Waals surface area contributed by atoms with E-state index in [-0.39, 0.29) is 16.6 Å². The van der Waals surface area contributed by atoms with Gasteiger partial charge in [0.1, 0.15) is 11.4 Å². The average Bonchev–Trinajstić information content (AvgIpc) is 2.98. The molecule has 2 aromatic heterocycles. The molecule has 9 nitrogen and oxygen atoms in total. The molecule has 0 bridgehead atoms. The molecule has 0 saturated carbocycles. The van der Waals surface area contributed by atoms with Gasteiger partial charge in [0.05, 0.1) is 32.5 Å². The molecule has 0 aliphatic rings. The van der Waals surface area contributed by atoms with Crippen LogP contribution in [0.1, 0.15) is 6.92 Å². The fourth-order valence-corrected chi connectivity index (χ4v) is 3.31. The van der Waals surface area contributed by atoms with E-state index in [1.165, 1.54) is 36.3 Å². The van der Waals surface area contributed by atoms with E-state index in [2.05, 4.69) is 20.4 Å². The van der Waals surface area contributed by atoms with Crippen LogP contribution in [0.15, 0.2) is 35.7 Å². The molecule has 134 valence electrons. The predicted octanol–water partition coefficient (Wildman–Crippen LogP) is 3.04. The number of nitro groups is 1. The van der Waals surface area contributed by atoms with E-state index in [4.69, 9.17) is 11.6 Å². The zero-order valence-corrected chi connectivity index (χ0v) is 15.3. The van der Waals surface area contributed by atoms with E-state index < -0.39 is 10.2 Å². The van der Waals surface area contributed by atoms with Gasteiger partial charge in [0.2, 0.25) is 5.91 Å². The van der Waals surface area contributed by atoms with Crippen LogP contribution in [0.4, 0.5) is 11.4 Å². The number of aryl methyl sites for hydroxylation is 1. The van der Waals surface area contributed by atoms with Crippen LogP contribution in [0.2, 0.25) is 5.02 Å². The Kier molecular flexibility index (Phi) is 5.05. The molecule has 11 heteroatoms. The minimum absolute atomic E-state index is 0.0986. The van der Waals surface area contributed by atoms with E-state index in [9.17, 15) is 14.9 Å². The van der Waals surface area contributed by atoms with Crippen molar-refractivity contribution in [2.45, 2.75) is 17.2 Å². The molecule has 0 aliphatic carbocycles. The number of nitro benzene ring substituents is 1. The molecular weight excluding hydrogens is 380 g/mol. The highest BCUT2D eigenvalue weighted by atomic mass is 35.5. The summed E-state index contributed by atoms with van der Waals surface area (Å²) in [6.07, 6.45) is 3.07. The van der Waals surface area contributed by atoms with Gasteiger partial charge in [0.25, 0.3) is 5.69 Å². The Balaban J connectivity index is 1.75. The number of nitrogens with zero attached hydrogens (tertiary/aromatic N) is 5. The van der Waals surface area contributed by atoms with Gasteiger partial charge < -0.3 is 5.32 Å². The fourth-order valence-electron chi connectivity index (χ4n) is 2.21. The van der Waals surface area contributed by atoms with Gasteiger partial charge in [0, 0.05) is 19.2 Å². The third-order valence-electron chi connectivity index (χ3n) is 3.57. The first-order chi connectivity index (χ1) is 12.4. The Hall–Kier alpha value is -2.72. The van der Waals surface area contributed by atoms with Crippen LogP contribution in [0.25, 0.3) is 11.0 Å². The molecule has 3 rings (SSSR count). The molecule has 26 heavy (non-hydrogen) atoms. The molecule has 0 spiro atoms. The van der Waals surface area contributed by atoms with Crippen LogP contribution in [0, 0.1) is 10.1 Å². The standard InChI is InChI=1S/C15H13ClN6O3S/c1-8(26-15-10-6-19-21(2)13(10)17-7-18-15)14(23)20-12-4-3-9(22(24)25)5-11(12)16/h3-8H,1-2H3,(H,20,23). The number of amides is 1. The van der Waals surface area contributed by atoms with Crippen LogP contribution < -0.4 is 5.32 Å². The van der Waals surface area contributed by atoms with Crippen LogP contribution in [-0.2, 0) is 11.8 Å². The number of anilines is 1. The second-order valence-corrected chi connectivity index (χ2v) is 7.09. The van der Waals surface area contributed by atoms with Gasteiger partial charge in [-0.1, -0.05) is 23.4 Å². The normalized spacial score (nSPS) is 12.1. The number of thioether (sulfide) groups is 1. The Morgan fingerprint density at radius 1 is 1.42 bits per heavy atom. The van der Waals surface area contributed by atoms with Crippen molar-refractivity contribution in [1.29, 1.82) is 0 Å². The molecule has 0 saturated heterocycles. The highest BCUT2D eigenvalue weighted by Gasteiger charge is 2.19. The molecule has 0 aliphatic heterocycles. The Labute approximate surface area is 156 Å². The lowest BCUT2D eigenvalue weighted by Crippen LogP contribution is -2.22. The molecule has 1 atom stereocenters. The lowest BCUT2D eigenvalue weighted by Gasteiger charge is -2.12. The first-order valence-electron chi connectivity index (χ1n) is 7.41. The van der Waals surface area contributed by atoms with Crippen LogP contribution in [0.5, 0.6) is 0 Å². The van der Waals surface area contributed by atoms with Gasteiger partial charge in [-0.2, -0.15) is 5.10 Å². The molecule has 1 N–H and O–H groups in total. The summed E-state index contributed by atoms with van der Waals surface area (Å²) >= 11 is 7.27. The van der Waals surface area contributed by atoms with Crippen LogP contribution >= 0.6 is 23.4 Å². The van der Waals surface area contributed by atoms with Crippen molar-refractivity contribution in [2.75, 3.05) is 5.32 Å². The largest absolute Gasteiger partial charge is 0.324 e. The summed E-state index contributed by atoms with van der Waals surface area (Å²) in [6.45, 7) is 1.73. The van der Waals surface area contributed by atoms with Gasteiger partial charge in [-0.25, -0.2) is 9.97 Å². The molecule has 1 aromatic carbocycles. The zero-order chi connectivity index (χ0) is 18.8. The number of non-ortho nitro benzene ring substituents is 1. The number of benzene rings is 1. The number of fused-ring (bicyclic) bond motifs is 1. The SMILES string of the molecule is CC(Sc1ncnc2c1cnn2C)C(=O)Nc1ccc([N+](=O)[O-])cc1Cl. The van der Waals surface area contributed by atoms with E-state index in [1.54, 1.807) is 24.9 Å². The van der Waals surface area contributed by atoms with Gasteiger partial charge in [-0.15, -0.1) is 0 Å². The summed E-state index contributed by atoms with van der Waals surface area (Å²) in [5.41, 5.74) is 0.841. The minimum Gasteiger partial charge on any atom is -0.324 e. The lowest BCUT2D eigenvalue weighted by atomic mass is 10.2. The van der Waals surface area contributed by atoms with Crippen molar-refractivity contribution >= 4 is 51.7 Å². The Morgan fingerprint density at radius 3 is 2.88 bits per heavy atom. The van der Waals surface area contributed by atoms with E-state index >= 15 is 0 Å². The molecule has 2 heterocycles. The molecular formula is C15H13ClN6O3S. The number of nitrogens with one attached hydrogen (secondary N) is 1. The summed E-state index contributed by atoms with van der Waals surface area (Å²) in [5, 5.41) is 18.6. The van der Waals surface area contributed by atoms with E-state index in [0.717, 1.165) is 5.39 Å². The summed E-state index contributed by atoms with van der Waals surface area (Å²) in [7, 11) is 1.77. The van der Waals surface area contributed by atoms with Crippen molar-refractivity contribution in [2.24, 2.45) is 7.05 Å². The first kappa shape index (κ1) is 18.1. The number of hydrogen-bond acceptors (Lipinski definition) is 7. The second-order valence-electron chi connectivity index (χ2n) is 5.35. The van der Waals surface area contributed by atoms with Gasteiger partial charge in [0.15, 0.2) is 5.65 Å². The summed E-state index contributed by atoms with van der Waals surface area (Å²) in [4.78, 5) is 31.0. The highest BCUT2D eigenvalue weighted by molar-refractivity contribution is 8.00. The third-order valence-corrected chi connectivity index (χ3v) is 5.00. The smallest absolute Gasteiger partial charge is 0.271 e. The topological polar surface area (TPSA) is 116 Å². The number of rotatable bonds is 5. The maximum atomic E-state index is 12.4. The maximum Gasteiger partial charge on any atom is 0.271 e. The van der Waals surface area contributed by atoms with Crippen LogP contribution in [-0.4, -0.2) is 35.8 Å². The monoisotopic (exact) mass is 392 g/mol. The van der Waals surface area contributed by atoms with Gasteiger partial charge in [-0.05, 0) is 13.0 Å². The second kappa shape index (κ2) is 7.26. The summed E-state index contributed by atoms with van der Waals surface area (Å²) in [6, 6.07) is 3.88. The van der Waals surface area contributed by atoms with Crippen LogP contribution in [0.3, 0.4) is 0 Å². The number of hydrogen-bond donors (Lipinski definition) is 1. The molecule has 1 unspecified atom stereocenters. The van der Waals surface area contributed by atoms with Gasteiger partial charge >= 0.3 is 0 Å². The predicted molar refractivity (Wildman–Crippen MR) is 98.4 cm³/mol. The molecule has 0 radical (unpaired) electrons. The Morgan fingerprint density at radius 2 is 2.19 bits per heavy atom. The zero-order valence-electron chi connectivity index (χ0n) is 13.7. The number of aromatic nitrogens is 4. The quantitative estimate of drug-likeness (QED) is 0.307. The van der Waals surface area contributed by atoms with E-state index in [1.807, 2.05) is 0 Å². The van der Waals surface area contributed by atoms with Crippen molar-refractivity contribution in [3.05, 3.63) is 45.9 Å². The number of carbonyl (C=O) groups excluding carboxylic acids is 1. The number of halogens is 1. The first-order valence-corrected chi connectivity index (χ1v) is 8.66. The fraction of sp³-hybridized carbons (Fsp3) is 0.200. The van der Waals surface area contributed by atoms with Crippen molar-refractivity contribution in [3.63, 3.8) is 0 Å². The molecule has 3 aromatic rings. The number of carbonyl (C=O) groups is 1. The minimum atomic E-state index is -0.551. The summed E-state index contributed by atoms with van der Waals surface area (Å²) < 4.78 is 1.63. The van der Waals surface area contributed by atoms with E-state index in [0.29, 0.717) is 16.4 Å². The third kappa shape index (κ3) is 3.60. The average molecular weight is 393 g/mol. The highest BCUT2D eigenvalue weighted by Crippen LogP contribution is 2.30.